The van der Waals surface area contributed by atoms with E-state index in [2.05, 4.69) is 10.6 Å². The predicted octanol–water partition coefficient (Wildman–Crippen LogP) is 1.97. The van der Waals surface area contributed by atoms with E-state index < -0.39 is 17.9 Å². The zero-order valence-electron chi connectivity index (χ0n) is 13.1. The highest BCUT2D eigenvalue weighted by Crippen LogP contribution is 2.34. The van der Waals surface area contributed by atoms with Gasteiger partial charge in [-0.3, -0.25) is 4.79 Å². The first-order valence-corrected chi connectivity index (χ1v) is 7.96. The molecule has 3 rings (SSSR count). The van der Waals surface area contributed by atoms with Gasteiger partial charge in [-0.2, -0.15) is 0 Å². The summed E-state index contributed by atoms with van der Waals surface area (Å²) in [4.78, 5) is 26.4. The first-order valence-electron chi connectivity index (χ1n) is 7.58. The van der Waals surface area contributed by atoms with Crippen molar-refractivity contribution < 1.29 is 18.7 Å². The van der Waals surface area contributed by atoms with Gasteiger partial charge in [-0.1, -0.05) is 17.7 Å². The molecule has 6 nitrogen and oxygen atoms in total. The maximum Gasteiger partial charge on any atom is 0.319 e. The number of carbonyl (C=O) groups is 2. The number of amides is 3. The highest BCUT2D eigenvalue weighted by atomic mass is 35.5. The van der Waals surface area contributed by atoms with Gasteiger partial charge in [0.05, 0.1) is 24.8 Å². The van der Waals surface area contributed by atoms with Crippen LogP contribution in [0.5, 0.6) is 0 Å². The highest BCUT2D eigenvalue weighted by Gasteiger charge is 2.36. The number of morpholine rings is 1. The molecule has 0 saturated carbocycles. The molecule has 3 amide bonds. The van der Waals surface area contributed by atoms with Gasteiger partial charge >= 0.3 is 6.03 Å². The number of ether oxygens (including phenoxy) is 1. The van der Waals surface area contributed by atoms with Gasteiger partial charge in [0.1, 0.15) is 5.82 Å². The highest BCUT2D eigenvalue weighted by molar-refractivity contribution is 6.31. The molecule has 1 aromatic carbocycles. The molecule has 1 fully saturated rings. The monoisotopic (exact) mass is 353 g/mol. The molecule has 24 heavy (non-hydrogen) atoms. The third kappa shape index (κ3) is 3.09. The van der Waals surface area contributed by atoms with Gasteiger partial charge in [-0.05, 0) is 19.1 Å². The third-order valence-corrected chi connectivity index (χ3v) is 4.42. The van der Waals surface area contributed by atoms with E-state index in [0.717, 1.165) is 0 Å². The van der Waals surface area contributed by atoms with Gasteiger partial charge in [0, 0.05) is 29.4 Å². The molecule has 0 spiro atoms. The molecule has 1 unspecified atom stereocenters. The van der Waals surface area contributed by atoms with E-state index in [9.17, 15) is 14.0 Å². The number of rotatable bonds is 2. The van der Waals surface area contributed by atoms with Crippen LogP contribution < -0.4 is 10.6 Å². The number of carbonyl (C=O) groups excluding carboxylic acids is 2. The van der Waals surface area contributed by atoms with Gasteiger partial charge < -0.3 is 20.3 Å². The van der Waals surface area contributed by atoms with E-state index in [-0.39, 0.29) is 22.1 Å². The normalized spacial score (nSPS) is 21.4. The lowest BCUT2D eigenvalue weighted by Crippen LogP contribution is -2.49. The number of allylic oxidation sites excluding steroid dienone is 1. The van der Waals surface area contributed by atoms with Crippen LogP contribution in [0.3, 0.4) is 0 Å². The standard InChI is InChI=1S/C16H17ClFN3O3/c1-9-12(15(22)21-5-7-24-8-6-21)14(20-16(23)19-9)13-10(17)3-2-4-11(13)18/h2-4,14H,5-8H2,1H3,(H2,19,20,23). The summed E-state index contributed by atoms with van der Waals surface area (Å²) >= 11 is 6.13. The Morgan fingerprint density at radius 3 is 2.75 bits per heavy atom. The van der Waals surface area contributed by atoms with Crippen LogP contribution in [0.2, 0.25) is 5.02 Å². The van der Waals surface area contributed by atoms with Crippen LogP contribution >= 0.6 is 11.6 Å². The van der Waals surface area contributed by atoms with Gasteiger partial charge in [-0.25, -0.2) is 9.18 Å². The summed E-state index contributed by atoms with van der Waals surface area (Å²) < 4.78 is 19.6. The van der Waals surface area contributed by atoms with Crippen molar-refractivity contribution in [3.63, 3.8) is 0 Å². The van der Waals surface area contributed by atoms with Crippen molar-refractivity contribution in [1.29, 1.82) is 0 Å². The van der Waals surface area contributed by atoms with Gasteiger partial charge in [-0.15, -0.1) is 0 Å². The smallest absolute Gasteiger partial charge is 0.319 e. The number of halogens is 2. The largest absolute Gasteiger partial charge is 0.378 e. The second kappa shape index (κ2) is 6.78. The van der Waals surface area contributed by atoms with Crippen LogP contribution in [0.25, 0.3) is 0 Å². The number of nitrogens with one attached hydrogen (secondary N) is 2. The number of nitrogens with zero attached hydrogens (tertiary/aromatic N) is 1. The zero-order chi connectivity index (χ0) is 17.3. The van der Waals surface area contributed by atoms with Crippen molar-refractivity contribution in [2.75, 3.05) is 26.3 Å². The Morgan fingerprint density at radius 2 is 2.08 bits per heavy atom. The van der Waals surface area contributed by atoms with E-state index in [4.69, 9.17) is 16.3 Å². The lowest BCUT2D eigenvalue weighted by molar-refractivity contribution is -0.131. The number of hydrogen-bond acceptors (Lipinski definition) is 3. The quantitative estimate of drug-likeness (QED) is 0.854. The molecule has 0 radical (unpaired) electrons. The Kier molecular flexibility index (Phi) is 4.73. The Balaban J connectivity index is 2.04. The predicted molar refractivity (Wildman–Crippen MR) is 85.9 cm³/mol. The molecule has 1 atom stereocenters. The summed E-state index contributed by atoms with van der Waals surface area (Å²) in [6.45, 7) is 3.41. The van der Waals surface area contributed by atoms with Crippen LogP contribution in [0, 0.1) is 5.82 Å². The molecule has 0 bridgehead atoms. The van der Waals surface area contributed by atoms with E-state index in [0.29, 0.717) is 32.0 Å². The minimum atomic E-state index is -0.942. The molecule has 1 saturated heterocycles. The first kappa shape index (κ1) is 16.7. The molecule has 128 valence electrons. The average molecular weight is 354 g/mol. The Bertz CT molecular complexity index is 696. The van der Waals surface area contributed by atoms with Gasteiger partial charge in [0.15, 0.2) is 0 Å². The van der Waals surface area contributed by atoms with E-state index >= 15 is 0 Å². The summed E-state index contributed by atoms with van der Waals surface area (Å²) in [6.07, 6.45) is 0. The van der Waals surface area contributed by atoms with Crippen LogP contribution in [0.1, 0.15) is 18.5 Å². The van der Waals surface area contributed by atoms with Crippen LogP contribution in [0.4, 0.5) is 9.18 Å². The van der Waals surface area contributed by atoms with Crippen LogP contribution in [-0.4, -0.2) is 43.1 Å². The van der Waals surface area contributed by atoms with Crippen molar-refractivity contribution in [1.82, 2.24) is 15.5 Å². The zero-order valence-corrected chi connectivity index (χ0v) is 13.8. The summed E-state index contributed by atoms with van der Waals surface area (Å²) in [7, 11) is 0. The van der Waals surface area contributed by atoms with Crippen molar-refractivity contribution in [2.24, 2.45) is 0 Å². The number of benzene rings is 1. The fourth-order valence-electron chi connectivity index (χ4n) is 2.92. The second-order valence-corrected chi connectivity index (χ2v) is 6.02. The molecule has 0 aromatic heterocycles. The summed E-state index contributed by atoms with van der Waals surface area (Å²) in [5.41, 5.74) is 0.757. The van der Waals surface area contributed by atoms with E-state index in [1.165, 1.54) is 18.2 Å². The Morgan fingerprint density at radius 1 is 1.38 bits per heavy atom. The Labute approximate surface area is 143 Å². The fourth-order valence-corrected chi connectivity index (χ4v) is 3.19. The second-order valence-electron chi connectivity index (χ2n) is 5.61. The van der Waals surface area contributed by atoms with Crippen molar-refractivity contribution in [2.45, 2.75) is 13.0 Å². The van der Waals surface area contributed by atoms with Crippen molar-refractivity contribution in [3.05, 3.63) is 45.9 Å². The minimum Gasteiger partial charge on any atom is -0.378 e. The topological polar surface area (TPSA) is 70.7 Å². The van der Waals surface area contributed by atoms with E-state index in [1.54, 1.807) is 11.8 Å². The molecule has 2 N–H and O–H groups in total. The number of urea groups is 1. The van der Waals surface area contributed by atoms with Gasteiger partial charge in [0.2, 0.25) is 0 Å². The fraction of sp³-hybridized carbons (Fsp3) is 0.375. The third-order valence-electron chi connectivity index (χ3n) is 4.09. The number of hydrogen-bond donors (Lipinski definition) is 2. The SMILES string of the molecule is CC1=C(C(=O)N2CCOCC2)C(c2c(F)cccc2Cl)NC(=O)N1. The molecule has 8 heteroatoms. The summed E-state index contributed by atoms with van der Waals surface area (Å²) in [5, 5.41) is 5.33. The molecule has 2 heterocycles. The average Bonchev–Trinajstić information content (AvgIpc) is 2.54. The van der Waals surface area contributed by atoms with E-state index in [1.807, 2.05) is 0 Å². The minimum absolute atomic E-state index is 0.0879. The molecule has 0 aliphatic carbocycles. The molecular formula is C16H17ClFN3O3. The van der Waals surface area contributed by atoms with Gasteiger partial charge in [0.25, 0.3) is 5.91 Å². The lowest BCUT2D eigenvalue weighted by atomic mass is 9.94. The first-order chi connectivity index (χ1) is 11.5. The van der Waals surface area contributed by atoms with Crippen LogP contribution in [-0.2, 0) is 9.53 Å². The molecular weight excluding hydrogens is 337 g/mol. The van der Waals surface area contributed by atoms with Crippen molar-refractivity contribution in [3.8, 4) is 0 Å². The van der Waals surface area contributed by atoms with Crippen molar-refractivity contribution >= 4 is 23.5 Å². The summed E-state index contributed by atoms with van der Waals surface area (Å²) in [6, 6.07) is 2.81. The summed E-state index contributed by atoms with van der Waals surface area (Å²) in [5.74, 6) is -0.845. The molecule has 1 aromatic rings. The molecule has 2 aliphatic heterocycles. The maximum absolute atomic E-state index is 14.3. The maximum atomic E-state index is 14.3. The lowest BCUT2D eigenvalue weighted by Gasteiger charge is -2.34. The molecule has 2 aliphatic rings. The Hall–Kier alpha value is -2.12. The van der Waals surface area contributed by atoms with Crippen LogP contribution in [0.15, 0.2) is 29.5 Å².